The van der Waals surface area contributed by atoms with Gasteiger partial charge in [0.15, 0.2) is 0 Å². The molecule has 0 unspecified atom stereocenters. The van der Waals surface area contributed by atoms with Crippen molar-refractivity contribution >= 4 is 10.0 Å². The van der Waals surface area contributed by atoms with Gasteiger partial charge in [-0.2, -0.15) is 0 Å². The number of unbranched alkanes of at least 4 members (excludes halogenated alkanes) is 2. The predicted molar refractivity (Wildman–Crippen MR) is 71.5 cm³/mol. The number of hydrogen-bond donors (Lipinski definition) is 1. The lowest BCUT2D eigenvalue weighted by molar-refractivity contribution is 0.575. The summed E-state index contributed by atoms with van der Waals surface area (Å²) in [6.07, 6.45) is 3.66. The monoisotopic (exact) mass is 255 g/mol. The van der Waals surface area contributed by atoms with Gasteiger partial charge in [-0.25, -0.2) is 13.1 Å². The molecular weight excluding hydrogens is 234 g/mol. The molecule has 4 heteroatoms. The van der Waals surface area contributed by atoms with Crippen LogP contribution in [0.1, 0.15) is 31.7 Å². The molecule has 17 heavy (non-hydrogen) atoms. The van der Waals surface area contributed by atoms with Gasteiger partial charge in [0, 0.05) is 6.54 Å². The van der Waals surface area contributed by atoms with E-state index in [1.165, 1.54) is 0 Å². The predicted octanol–water partition coefficient (Wildman–Crippen LogP) is 2.34. The van der Waals surface area contributed by atoms with Crippen LogP contribution in [0.2, 0.25) is 0 Å². The lowest BCUT2D eigenvalue weighted by Crippen LogP contribution is -2.28. The number of sulfonamides is 1. The molecule has 0 aromatic heterocycles. The molecule has 0 aliphatic heterocycles. The Morgan fingerprint density at radius 2 is 1.82 bits per heavy atom. The van der Waals surface area contributed by atoms with Crippen LogP contribution in [0, 0.1) is 0 Å². The van der Waals surface area contributed by atoms with Crippen molar-refractivity contribution in [1.82, 2.24) is 4.72 Å². The summed E-state index contributed by atoms with van der Waals surface area (Å²) in [6.45, 7) is 2.66. The smallest absolute Gasteiger partial charge is 0.211 e. The molecular formula is C13H21NO2S. The van der Waals surface area contributed by atoms with E-state index in [0.29, 0.717) is 13.0 Å². The van der Waals surface area contributed by atoms with Crippen molar-refractivity contribution < 1.29 is 8.42 Å². The van der Waals surface area contributed by atoms with Crippen molar-refractivity contribution in [3.05, 3.63) is 35.9 Å². The summed E-state index contributed by atoms with van der Waals surface area (Å²) >= 11 is 0. The molecule has 0 spiro atoms. The number of nitrogens with one attached hydrogen (secondary N) is 1. The van der Waals surface area contributed by atoms with Crippen LogP contribution in [0.15, 0.2) is 30.3 Å². The fourth-order valence-corrected chi connectivity index (χ4v) is 2.68. The maximum atomic E-state index is 11.7. The molecule has 1 rings (SSSR count). The zero-order valence-corrected chi connectivity index (χ0v) is 11.2. The van der Waals surface area contributed by atoms with E-state index in [-0.39, 0.29) is 5.75 Å². The van der Waals surface area contributed by atoms with Gasteiger partial charge in [-0.3, -0.25) is 0 Å². The highest BCUT2D eigenvalue weighted by Crippen LogP contribution is 2.01. The summed E-state index contributed by atoms with van der Waals surface area (Å²) < 4.78 is 25.9. The van der Waals surface area contributed by atoms with E-state index in [1.807, 2.05) is 30.3 Å². The Kier molecular flexibility index (Phi) is 6.22. The maximum Gasteiger partial charge on any atom is 0.211 e. The van der Waals surface area contributed by atoms with Gasteiger partial charge < -0.3 is 0 Å². The standard InChI is InChI=1S/C13H21NO2S/c1-2-3-7-11-14-17(15,16)12-10-13-8-5-4-6-9-13/h4-6,8-9,14H,2-3,7,10-12H2,1H3. The third-order valence-corrected chi connectivity index (χ3v) is 3.99. The highest BCUT2D eigenvalue weighted by molar-refractivity contribution is 7.89. The van der Waals surface area contributed by atoms with Gasteiger partial charge in [-0.05, 0) is 18.4 Å². The van der Waals surface area contributed by atoms with E-state index in [0.717, 1.165) is 24.8 Å². The van der Waals surface area contributed by atoms with Gasteiger partial charge in [0.1, 0.15) is 0 Å². The molecule has 0 bridgehead atoms. The molecule has 0 saturated carbocycles. The molecule has 1 aromatic carbocycles. The van der Waals surface area contributed by atoms with Crippen molar-refractivity contribution in [3.8, 4) is 0 Å². The van der Waals surface area contributed by atoms with E-state index in [4.69, 9.17) is 0 Å². The summed E-state index contributed by atoms with van der Waals surface area (Å²) in [7, 11) is -3.11. The summed E-state index contributed by atoms with van der Waals surface area (Å²) in [4.78, 5) is 0. The number of rotatable bonds is 8. The molecule has 96 valence electrons. The SMILES string of the molecule is CCCCCNS(=O)(=O)CCc1ccccc1. The fourth-order valence-electron chi connectivity index (χ4n) is 1.57. The van der Waals surface area contributed by atoms with Crippen LogP contribution >= 0.6 is 0 Å². The first-order valence-electron chi connectivity index (χ1n) is 6.15. The molecule has 0 aliphatic rings. The van der Waals surface area contributed by atoms with E-state index in [9.17, 15) is 8.42 Å². The molecule has 3 nitrogen and oxygen atoms in total. The second-order valence-electron chi connectivity index (χ2n) is 4.16. The second-order valence-corrected chi connectivity index (χ2v) is 6.08. The molecule has 0 amide bonds. The summed E-state index contributed by atoms with van der Waals surface area (Å²) in [5.41, 5.74) is 1.06. The van der Waals surface area contributed by atoms with Crippen LogP contribution < -0.4 is 4.72 Å². The highest BCUT2D eigenvalue weighted by Gasteiger charge is 2.08. The minimum atomic E-state index is -3.11. The Balaban J connectivity index is 2.30. The van der Waals surface area contributed by atoms with Crippen LogP contribution in [0.5, 0.6) is 0 Å². The zero-order chi connectivity index (χ0) is 12.6. The molecule has 1 aromatic rings. The quantitative estimate of drug-likeness (QED) is 0.725. The fraction of sp³-hybridized carbons (Fsp3) is 0.538. The molecule has 1 N–H and O–H groups in total. The average Bonchev–Trinajstić information content (AvgIpc) is 2.34. The molecule has 0 saturated heterocycles. The van der Waals surface area contributed by atoms with Gasteiger partial charge >= 0.3 is 0 Å². The molecule has 0 radical (unpaired) electrons. The zero-order valence-electron chi connectivity index (χ0n) is 10.4. The van der Waals surface area contributed by atoms with E-state index in [1.54, 1.807) is 0 Å². The van der Waals surface area contributed by atoms with Crippen LogP contribution in [0.3, 0.4) is 0 Å². The first-order valence-corrected chi connectivity index (χ1v) is 7.80. The van der Waals surface area contributed by atoms with Gasteiger partial charge in [-0.15, -0.1) is 0 Å². The minimum Gasteiger partial charge on any atom is -0.215 e. The lowest BCUT2D eigenvalue weighted by Gasteiger charge is -2.06. The average molecular weight is 255 g/mol. The van der Waals surface area contributed by atoms with Gasteiger partial charge in [-0.1, -0.05) is 50.1 Å². The van der Waals surface area contributed by atoms with Gasteiger partial charge in [0.25, 0.3) is 0 Å². The van der Waals surface area contributed by atoms with Crippen LogP contribution in [0.4, 0.5) is 0 Å². The Bertz CT molecular complexity index is 401. The third kappa shape index (κ3) is 6.44. The second kappa shape index (κ2) is 7.45. The number of hydrogen-bond acceptors (Lipinski definition) is 2. The number of aryl methyl sites for hydroxylation is 1. The van der Waals surface area contributed by atoms with Gasteiger partial charge in [0.2, 0.25) is 10.0 Å². The normalized spacial score (nSPS) is 11.6. The van der Waals surface area contributed by atoms with Crippen LogP contribution in [-0.2, 0) is 16.4 Å². The van der Waals surface area contributed by atoms with Crippen molar-refractivity contribution in [2.75, 3.05) is 12.3 Å². The Morgan fingerprint density at radius 3 is 2.47 bits per heavy atom. The van der Waals surface area contributed by atoms with Crippen LogP contribution in [0.25, 0.3) is 0 Å². The van der Waals surface area contributed by atoms with Gasteiger partial charge in [0.05, 0.1) is 5.75 Å². The lowest BCUT2D eigenvalue weighted by atomic mass is 10.2. The summed E-state index contributed by atoms with van der Waals surface area (Å²) in [5.74, 6) is 0.170. The van der Waals surface area contributed by atoms with E-state index in [2.05, 4.69) is 11.6 Å². The first kappa shape index (κ1) is 14.2. The summed E-state index contributed by atoms with van der Waals surface area (Å²) in [6, 6.07) is 9.69. The highest BCUT2D eigenvalue weighted by atomic mass is 32.2. The minimum absolute atomic E-state index is 0.170. The molecule has 0 fully saturated rings. The number of benzene rings is 1. The van der Waals surface area contributed by atoms with Crippen molar-refractivity contribution in [2.45, 2.75) is 32.6 Å². The molecule has 0 atom stereocenters. The maximum absolute atomic E-state index is 11.7. The Labute approximate surface area is 104 Å². The first-order chi connectivity index (χ1) is 8.14. The molecule has 0 heterocycles. The largest absolute Gasteiger partial charge is 0.215 e. The molecule has 0 aliphatic carbocycles. The van der Waals surface area contributed by atoms with E-state index >= 15 is 0 Å². The van der Waals surface area contributed by atoms with Crippen molar-refractivity contribution in [3.63, 3.8) is 0 Å². The Hall–Kier alpha value is -0.870. The third-order valence-electron chi connectivity index (χ3n) is 2.60. The van der Waals surface area contributed by atoms with Crippen molar-refractivity contribution in [1.29, 1.82) is 0 Å². The summed E-state index contributed by atoms with van der Waals surface area (Å²) in [5, 5.41) is 0. The van der Waals surface area contributed by atoms with E-state index < -0.39 is 10.0 Å². The van der Waals surface area contributed by atoms with Crippen molar-refractivity contribution in [2.24, 2.45) is 0 Å². The topological polar surface area (TPSA) is 46.2 Å². The Morgan fingerprint density at radius 1 is 1.12 bits per heavy atom. The van der Waals surface area contributed by atoms with Crippen LogP contribution in [-0.4, -0.2) is 20.7 Å².